The summed E-state index contributed by atoms with van der Waals surface area (Å²) >= 11 is 0. The van der Waals surface area contributed by atoms with E-state index in [-0.39, 0.29) is 11.7 Å². The monoisotopic (exact) mass is 291 g/mol. The van der Waals surface area contributed by atoms with Gasteiger partial charge in [0, 0.05) is 13.2 Å². The van der Waals surface area contributed by atoms with Gasteiger partial charge in [-0.2, -0.15) is 0 Å². The second kappa shape index (κ2) is 6.14. The van der Waals surface area contributed by atoms with Gasteiger partial charge in [0.1, 0.15) is 5.82 Å². The van der Waals surface area contributed by atoms with Gasteiger partial charge in [0.15, 0.2) is 0 Å². The topological polar surface area (TPSA) is 38.3 Å². The average molecular weight is 291 g/mol. The van der Waals surface area contributed by atoms with Gasteiger partial charge in [0.05, 0.1) is 12.0 Å². The van der Waals surface area contributed by atoms with Gasteiger partial charge in [-0.3, -0.25) is 4.79 Å². The van der Waals surface area contributed by atoms with Crippen LogP contribution in [0.1, 0.15) is 37.7 Å². The van der Waals surface area contributed by atoms with Gasteiger partial charge in [-0.05, 0) is 49.3 Å². The Kier molecular flexibility index (Phi) is 4.24. The van der Waals surface area contributed by atoms with Crippen LogP contribution in [0.25, 0.3) is 0 Å². The zero-order chi connectivity index (χ0) is 14.7. The Morgan fingerprint density at radius 1 is 1.29 bits per heavy atom. The van der Waals surface area contributed by atoms with Crippen LogP contribution in [-0.2, 0) is 14.9 Å². The van der Waals surface area contributed by atoms with Crippen LogP contribution >= 0.6 is 0 Å². The van der Waals surface area contributed by atoms with E-state index in [0.29, 0.717) is 12.5 Å². The Bertz CT molecular complexity index is 490. The van der Waals surface area contributed by atoms with E-state index in [0.717, 1.165) is 50.9 Å². The van der Waals surface area contributed by atoms with E-state index in [2.05, 4.69) is 5.32 Å². The molecule has 0 bridgehead atoms. The molecule has 114 valence electrons. The van der Waals surface area contributed by atoms with E-state index >= 15 is 0 Å². The van der Waals surface area contributed by atoms with Crippen molar-refractivity contribution in [1.82, 2.24) is 5.32 Å². The van der Waals surface area contributed by atoms with Crippen LogP contribution in [0.3, 0.4) is 0 Å². The molecule has 0 aromatic heterocycles. The first-order valence-corrected chi connectivity index (χ1v) is 7.83. The summed E-state index contributed by atoms with van der Waals surface area (Å²) in [5.41, 5.74) is 0.496. The highest BCUT2D eigenvalue weighted by Crippen LogP contribution is 2.44. The molecule has 1 saturated carbocycles. The Hall–Kier alpha value is -1.42. The number of benzene rings is 1. The molecule has 1 aliphatic heterocycles. The minimum atomic E-state index is -0.441. The first-order chi connectivity index (χ1) is 10.2. The van der Waals surface area contributed by atoms with Gasteiger partial charge in [-0.25, -0.2) is 4.39 Å². The molecule has 1 aliphatic carbocycles. The third kappa shape index (κ3) is 2.95. The smallest absolute Gasteiger partial charge is 0.230 e. The SMILES string of the molecule is O=C(NC[C@H]1CCCOC1)C1(c2ccc(F)cc2)CCC1. The lowest BCUT2D eigenvalue weighted by Gasteiger charge is -2.41. The summed E-state index contributed by atoms with van der Waals surface area (Å²) in [5.74, 6) is 0.256. The number of halogens is 1. The minimum Gasteiger partial charge on any atom is -0.381 e. The largest absolute Gasteiger partial charge is 0.381 e. The highest BCUT2D eigenvalue weighted by Gasteiger charge is 2.45. The third-order valence-corrected chi connectivity index (χ3v) is 4.84. The molecule has 1 saturated heterocycles. The van der Waals surface area contributed by atoms with Crippen LogP contribution in [0, 0.1) is 11.7 Å². The molecule has 2 aliphatic rings. The fourth-order valence-corrected chi connectivity index (χ4v) is 3.32. The highest BCUT2D eigenvalue weighted by molar-refractivity contribution is 5.89. The standard InChI is InChI=1S/C17H22FNO2/c18-15-6-4-14(5-7-15)17(8-2-9-17)16(20)19-11-13-3-1-10-21-12-13/h4-7,13H,1-3,8-12H2,(H,19,20)/t13-/m1/s1. The number of carbonyl (C=O) groups is 1. The van der Waals surface area contributed by atoms with Gasteiger partial charge in [-0.1, -0.05) is 18.6 Å². The first kappa shape index (κ1) is 14.5. The molecule has 0 radical (unpaired) electrons. The van der Waals surface area contributed by atoms with Crippen LogP contribution in [-0.4, -0.2) is 25.7 Å². The predicted octanol–water partition coefficient (Wildman–Crippen LogP) is 2.79. The van der Waals surface area contributed by atoms with Crippen molar-refractivity contribution < 1.29 is 13.9 Å². The maximum atomic E-state index is 13.1. The van der Waals surface area contributed by atoms with E-state index in [4.69, 9.17) is 4.74 Å². The van der Waals surface area contributed by atoms with Crippen molar-refractivity contribution >= 4 is 5.91 Å². The molecule has 1 amide bonds. The summed E-state index contributed by atoms with van der Waals surface area (Å²) in [7, 11) is 0. The number of carbonyl (C=O) groups excluding carboxylic acids is 1. The molecule has 0 spiro atoms. The number of rotatable bonds is 4. The number of amides is 1. The summed E-state index contributed by atoms with van der Waals surface area (Å²) < 4.78 is 18.5. The molecule has 21 heavy (non-hydrogen) atoms. The lowest BCUT2D eigenvalue weighted by atomic mass is 9.63. The number of nitrogens with one attached hydrogen (secondary N) is 1. The van der Waals surface area contributed by atoms with Crippen LogP contribution in [0.5, 0.6) is 0 Å². The molecule has 3 nitrogen and oxygen atoms in total. The molecular formula is C17H22FNO2. The Morgan fingerprint density at radius 3 is 2.62 bits per heavy atom. The Balaban J connectivity index is 1.64. The number of ether oxygens (including phenoxy) is 1. The van der Waals surface area contributed by atoms with Gasteiger partial charge in [0.2, 0.25) is 5.91 Å². The highest BCUT2D eigenvalue weighted by atomic mass is 19.1. The summed E-state index contributed by atoms with van der Waals surface area (Å²) in [6, 6.07) is 6.38. The maximum Gasteiger partial charge on any atom is 0.230 e. The van der Waals surface area contributed by atoms with Gasteiger partial charge in [0.25, 0.3) is 0 Å². The first-order valence-electron chi connectivity index (χ1n) is 7.83. The van der Waals surface area contributed by atoms with Gasteiger partial charge >= 0.3 is 0 Å². The predicted molar refractivity (Wildman–Crippen MR) is 78.5 cm³/mol. The fourth-order valence-electron chi connectivity index (χ4n) is 3.32. The number of hydrogen-bond acceptors (Lipinski definition) is 2. The molecule has 0 unspecified atom stereocenters. The van der Waals surface area contributed by atoms with E-state index in [1.165, 1.54) is 12.1 Å². The summed E-state index contributed by atoms with van der Waals surface area (Å²) in [6.45, 7) is 2.26. The van der Waals surface area contributed by atoms with Crippen molar-refractivity contribution in [3.8, 4) is 0 Å². The lowest BCUT2D eigenvalue weighted by Crippen LogP contribution is -2.50. The van der Waals surface area contributed by atoms with Crippen LogP contribution in [0.2, 0.25) is 0 Å². The normalized spacial score (nSPS) is 24.1. The molecule has 1 N–H and O–H groups in total. The summed E-state index contributed by atoms with van der Waals surface area (Å²) in [5, 5.41) is 3.10. The van der Waals surface area contributed by atoms with E-state index < -0.39 is 5.41 Å². The summed E-state index contributed by atoms with van der Waals surface area (Å²) in [6.07, 6.45) is 4.95. The fraction of sp³-hybridized carbons (Fsp3) is 0.588. The Labute approximate surface area is 124 Å². The number of hydrogen-bond donors (Lipinski definition) is 1. The molecule has 1 aromatic carbocycles. The van der Waals surface area contributed by atoms with Crippen molar-refractivity contribution in [3.05, 3.63) is 35.6 Å². The molecule has 2 fully saturated rings. The second-order valence-corrected chi connectivity index (χ2v) is 6.24. The van der Waals surface area contributed by atoms with Crippen molar-refractivity contribution in [2.75, 3.05) is 19.8 Å². The van der Waals surface area contributed by atoms with Crippen LogP contribution in [0.15, 0.2) is 24.3 Å². The zero-order valence-corrected chi connectivity index (χ0v) is 12.2. The van der Waals surface area contributed by atoms with E-state index in [1.54, 1.807) is 12.1 Å². The zero-order valence-electron chi connectivity index (χ0n) is 12.2. The van der Waals surface area contributed by atoms with E-state index in [9.17, 15) is 9.18 Å². The van der Waals surface area contributed by atoms with Crippen molar-refractivity contribution in [2.45, 2.75) is 37.5 Å². The Morgan fingerprint density at radius 2 is 2.05 bits per heavy atom. The molecular weight excluding hydrogens is 269 g/mol. The second-order valence-electron chi connectivity index (χ2n) is 6.24. The van der Waals surface area contributed by atoms with Crippen LogP contribution in [0.4, 0.5) is 4.39 Å². The minimum absolute atomic E-state index is 0.0888. The van der Waals surface area contributed by atoms with Gasteiger partial charge < -0.3 is 10.1 Å². The van der Waals surface area contributed by atoms with Crippen molar-refractivity contribution in [3.63, 3.8) is 0 Å². The van der Waals surface area contributed by atoms with Gasteiger partial charge in [-0.15, -0.1) is 0 Å². The molecule has 1 atom stereocenters. The average Bonchev–Trinajstić information content (AvgIpc) is 2.47. The molecule has 3 rings (SSSR count). The third-order valence-electron chi connectivity index (χ3n) is 4.84. The molecule has 4 heteroatoms. The molecule has 1 heterocycles. The maximum absolute atomic E-state index is 13.1. The summed E-state index contributed by atoms with van der Waals surface area (Å²) in [4.78, 5) is 12.6. The van der Waals surface area contributed by atoms with Crippen LogP contribution < -0.4 is 5.32 Å². The van der Waals surface area contributed by atoms with Crippen molar-refractivity contribution in [1.29, 1.82) is 0 Å². The molecule has 1 aromatic rings. The van der Waals surface area contributed by atoms with E-state index in [1.807, 2.05) is 0 Å². The lowest BCUT2D eigenvalue weighted by molar-refractivity contribution is -0.130. The quantitative estimate of drug-likeness (QED) is 0.926. The van der Waals surface area contributed by atoms with Crippen molar-refractivity contribution in [2.24, 2.45) is 5.92 Å².